The second-order valence-corrected chi connectivity index (χ2v) is 6.04. The Labute approximate surface area is 123 Å². The van der Waals surface area contributed by atoms with Gasteiger partial charge in [-0.3, -0.25) is 0 Å². The zero-order chi connectivity index (χ0) is 14.9. The number of benzene rings is 1. The Morgan fingerprint density at radius 3 is 2.50 bits per heavy atom. The van der Waals surface area contributed by atoms with E-state index in [1.165, 1.54) is 18.2 Å². The van der Waals surface area contributed by atoms with Crippen molar-refractivity contribution >= 4 is 15.9 Å². The molecule has 6 heteroatoms. The molecule has 3 unspecified atom stereocenters. The predicted molar refractivity (Wildman–Crippen MR) is 70.6 cm³/mol. The first kappa shape index (κ1) is 15.8. The van der Waals surface area contributed by atoms with Crippen LogP contribution in [0.4, 0.5) is 17.6 Å². The number of hydrogen-bond acceptors (Lipinski definition) is 1. The smallest absolute Gasteiger partial charge is 0.388 e. The molecule has 1 nitrogen and oxygen atoms in total. The van der Waals surface area contributed by atoms with Crippen LogP contribution >= 0.6 is 15.9 Å². The summed E-state index contributed by atoms with van der Waals surface area (Å²) in [7, 11) is 0. The average molecular weight is 355 g/mol. The zero-order valence-electron chi connectivity index (χ0n) is 10.6. The second kappa shape index (κ2) is 6.02. The van der Waals surface area contributed by atoms with Gasteiger partial charge in [0.05, 0.1) is 16.5 Å². The Bertz CT molecular complexity index is 475. The Morgan fingerprint density at radius 2 is 1.85 bits per heavy atom. The molecule has 2 rings (SSSR count). The van der Waals surface area contributed by atoms with Gasteiger partial charge in [0.1, 0.15) is 5.82 Å². The molecule has 1 aliphatic carbocycles. The third-order valence-electron chi connectivity index (χ3n) is 3.95. The molecule has 1 aromatic carbocycles. The zero-order valence-corrected chi connectivity index (χ0v) is 12.2. The van der Waals surface area contributed by atoms with E-state index in [9.17, 15) is 22.7 Å². The lowest BCUT2D eigenvalue weighted by Gasteiger charge is -2.36. The second-order valence-electron chi connectivity index (χ2n) is 5.18. The summed E-state index contributed by atoms with van der Waals surface area (Å²) < 4.78 is 53.2. The number of aliphatic hydroxyl groups excluding tert-OH is 1. The van der Waals surface area contributed by atoms with Crippen molar-refractivity contribution in [2.24, 2.45) is 11.8 Å². The molecule has 0 radical (unpaired) electrons. The molecule has 1 N–H and O–H groups in total. The Kier molecular flexibility index (Phi) is 4.74. The van der Waals surface area contributed by atoms with E-state index in [1.807, 2.05) is 0 Å². The fourth-order valence-corrected chi connectivity index (χ4v) is 3.30. The maximum Gasteiger partial charge on any atom is 0.392 e. The highest BCUT2D eigenvalue weighted by atomic mass is 79.9. The van der Waals surface area contributed by atoms with Crippen LogP contribution in [-0.2, 0) is 0 Å². The maximum absolute atomic E-state index is 13.9. The molecule has 0 saturated heterocycles. The van der Waals surface area contributed by atoms with E-state index in [0.29, 0.717) is 12.8 Å². The normalized spacial score (nSPS) is 25.5. The highest BCUT2D eigenvalue weighted by Crippen LogP contribution is 2.47. The monoisotopic (exact) mass is 354 g/mol. The van der Waals surface area contributed by atoms with Crippen molar-refractivity contribution in [1.82, 2.24) is 0 Å². The van der Waals surface area contributed by atoms with E-state index < -0.39 is 29.9 Å². The van der Waals surface area contributed by atoms with Crippen LogP contribution in [0.2, 0.25) is 0 Å². The molecule has 0 spiro atoms. The topological polar surface area (TPSA) is 20.2 Å². The van der Waals surface area contributed by atoms with Crippen LogP contribution in [0.15, 0.2) is 22.7 Å². The first-order valence-corrected chi connectivity index (χ1v) is 7.30. The van der Waals surface area contributed by atoms with Gasteiger partial charge >= 0.3 is 6.18 Å². The minimum atomic E-state index is -4.35. The Hall–Kier alpha value is -0.620. The summed E-state index contributed by atoms with van der Waals surface area (Å²) in [5, 5.41) is 10.2. The van der Waals surface area contributed by atoms with Crippen LogP contribution in [0.3, 0.4) is 0 Å². The summed E-state index contributed by atoms with van der Waals surface area (Å²) in [6.07, 6.45) is -4.40. The average Bonchev–Trinajstić information content (AvgIpc) is 2.40. The number of aliphatic hydroxyl groups is 1. The standard InChI is InChI=1S/C14H15BrF4O/c15-11-7-3-5-9(12(11)16)13(20)8-4-1-2-6-10(8)14(17,18)19/h3,5,7-8,10,13,20H,1-2,4,6H2. The van der Waals surface area contributed by atoms with Crippen LogP contribution < -0.4 is 0 Å². The van der Waals surface area contributed by atoms with Gasteiger partial charge < -0.3 is 5.11 Å². The molecule has 3 atom stereocenters. The van der Waals surface area contributed by atoms with Crippen molar-refractivity contribution in [2.75, 3.05) is 0 Å². The largest absolute Gasteiger partial charge is 0.392 e. The van der Waals surface area contributed by atoms with E-state index >= 15 is 0 Å². The summed E-state index contributed by atoms with van der Waals surface area (Å²) >= 11 is 2.98. The van der Waals surface area contributed by atoms with E-state index in [1.54, 1.807) is 0 Å². The summed E-state index contributed by atoms with van der Waals surface area (Å²) in [4.78, 5) is 0. The van der Waals surface area contributed by atoms with Gasteiger partial charge in [0.2, 0.25) is 0 Å². The highest BCUT2D eigenvalue weighted by Gasteiger charge is 2.48. The minimum Gasteiger partial charge on any atom is -0.388 e. The van der Waals surface area contributed by atoms with Crippen molar-refractivity contribution in [3.63, 3.8) is 0 Å². The molecule has 1 aliphatic rings. The highest BCUT2D eigenvalue weighted by molar-refractivity contribution is 9.10. The molecule has 0 aromatic heterocycles. The number of rotatable bonds is 2. The van der Waals surface area contributed by atoms with Crippen LogP contribution in [-0.4, -0.2) is 11.3 Å². The van der Waals surface area contributed by atoms with Gasteiger partial charge in [0, 0.05) is 11.5 Å². The molecule has 1 fully saturated rings. The van der Waals surface area contributed by atoms with E-state index in [2.05, 4.69) is 15.9 Å². The Morgan fingerprint density at radius 1 is 1.20 bits per heavy atom. The third kappa shape index (κ3) is 3.17. The molecule has 0 heterocycles. The van der Waals surface area contributed by atoms with Crippen molar-refractivity contribution in [3.05, 3.63) is 34.1 Å². The van der Waals surface area contributed by atoms with Crippen molar-refractivity contribution in [3.8, 4) is 0 Å². The number of alkyl halides is 3. The van der Waals surface area contributed by atoms with Crippen molar-refractivity contribution in [1.29, 1.82) is 0 Å². The van der Waals surface area contributed by atoms with Gasteiger partial charge in [0.25, 0.3) is 0 Å². The lowest BCUT2D eigenvalue weighted by Crippen LogP contribution is -2.36. The van der Waals surface area contributed by atoms with Crippen molar-refractivity contribution in [2.45, 2.75) is 38.0 Å². The van der Waals surface area contributed by atoms with Gasteiger partial charge in [-0.1, -0.05) is 25.0 Å². The van der Waals surface area contributed by atoms with Gasteiger partial charge in [0.15, 0.2) is 0 Å². The molecule has 1 saturated carbocycles. The quantitative estimate of drug-likeness (QED) is 0.741. The van der Waals surface area contributed by atoms with E-state index in [-0.39, 0.29) is 22.9 Å². The fourth-order valence-electron chi connectivity index (χ4n) is 2.92. The van der Waals surface area contributed by atoms with Crippen LogP contribution in [0.5, 0.6) is 0 Å². The van der Waals surface area contributed by atoms with Gasteiger partial charge in [-0.05, 0) is 34.8 Å². The lowest BCUT2D eigenvalue weighted by atomic mass is 9.74. The molecule has 20 heavy (non-hydrogen) atoms. The fraction of sp³-hybridized carbons (Fsp3) is 0.571. The summed E-state index contributed by atoms with van der Waals surface area (Å²) in [6.45, 7) is 0. The predicted octanol–water partition coefficient (Wildman–Crippen LogP) is 4.99. The van der Waals surface area contributed by atoms with Gasteiger partial charge in [-0.25, -0.2) is 4.39 Å². The number of hydrogen-bond donors (Lipinski definition) is 1. The minimum absolute atomic E-state index is 0.000842. The molecular weight excluding hydrogens is 340 g/mol. The molecule has 0 bridgehead atoms. The van der Waals surface area contributed by atoms with Gasteiger partial charge in [-0.2, -0.15) is 13.2 Å². The van der Waals surface area contributed by atoms with E-state index in [0.717, 1.165) is 0 Å². The SMILES string of the molecule is OC(c1cccc(Br)c1F)C1CCCCC1C(F)(F)F. The van der Waals surface area contributed by atoms with Crippen LogP contribution in [0.1, 0.15) is 37.4 Å². The first-order valence-electron chi connectivity index (χ1n) is 6.51. The molecule has 0 aliphatic heterocycles. The Balaban J connectivity index is 2.30. The van der Waals surface area contributed by atoms with Gasteiger partial charge in [-0.15, -0.1) is 0 Å². The summed E-state index contributed by atoms with van der Waals surface area (Å²) in [5.41, 5.74) is -0.0690. The molecular formula is C14H15BrF4O. The lowest BCUT2D eigenvalue weighted by molar-refractivity contribution is -0.207. The van der Waals surface area contributed by atoms with Crippen LogP contribution in [0, 0.1) is 17.7 Å². The summed E-state index contributed by atoms with van der Waals surface area (Å²) in [5.74, 6) is -3.23. The molecule has 1 aromatic rings. The van der Waals surface area contributed by atoms with Crippen LogP contribution in [0.25, 0.3) is 0 Å². The summed E-state index contributed by atoms with van der Waals surface area (Å²) in [6, 6.07) is 4.30. The maximum atomic E-state index is 13.9. The van der Waals surface area contributed by atoms with E-state index in [4.69, 9.17) is 0 Å². The third-order valence-corrected chi connectivity index (χ3v) is 4.56. The molecule has 112 valence electrons. The van der Waals surface area contributed by atoms with Crippen molar-refractivity contribution < 1.29 is 22.7 Å². The first-order chi connectivity index (χ1) is 9.32. The molecule has 0 amide bonds. The number of halogens is 5.